The fraction of sp³-hybridized carbons (Fsp3) is 0.647. The number of rotatable bonds is 1. The smallest absolute Gasteiger partial charge is 0.410 e. The van der Waals surface area contributed by atoms with E-state index in [-0.39, 0.29) is 12.0 Å². The number of amides is 1. The first-order valence-corrected chi connectivity index (χ1v) is 8.39. The molecule has 0 spiro atoms. The minimum absolute atomic E-state index is 0.0120. The van der Waals surface area contributed by atoms with Crippen LogP contribution in [-0.2, 0) is 10.3 Å². The van der Waals surface area contributed by atoms with Crippen LogP contribution in [0.3, 0.4) is 0 Å². The maximum Gasteiger partial charge on any atom is 0.410 e. The van der Waals surface area contributed by atoms with Crippen LogP contribution in [0.4, 0.5) is 4.79 Å². The lowest BCUT2D eigenvalue weighted by atomic mass is 9.83. The standard InChI is InChI=1S/C17H23ClN2O3/c1-16(2,3)23-15(21)20-9-11-6-7-17(22,13(11)10-20)12-4-5-14(18)19-8-12/h4-5,8,11,13,22H,6-7,9-10H2,1-3H3/t11-,13+,17?/m0/s1. The van der Waals surface area contributed by atoms with Crippen LogP contribution in [0.2, 0.25) is 5.15 Å². The summed E-state index contributed by atoms with van der Waals surface area (Å²) < 4.78 is 5.45. The number of nitrogens with zero attached hydrogens (tertiary/aromatic N) is 2. The average molecular weight is 339 g/mol. The van der Waals surface area contributed by atoms with Crippen LogP contribution in [0.5, 0.6) is 0 Å². The fourth-order valence-corrected chi connectivity index (χ4v) is 3.87. The highest BCUT2D eigenvalue weighted by Gasteiger charge is 2.53. The molecule has 5 nitrogen and oxygen atoms in total. The Kier molecular flexibility index (Phi) is 4.05. The molecule has 6 heteroatoms. The summed E-state index contributed by atoms with van der Waals surface area (Å²) in [6, 6.07) is 3.52. The minimum Gasteiger partial charge on any atom is -0.444 e. The number of halogens is 1. The molecule has 1 aliphatic heterocycles. The summed E-state index contributed by atoms with van der Waals surface area (Å²) >= 11 is 5.84. The summed E-state index contributed by atoms with van der Waals surface area (Å²) in [5, 5.41) is 11.6. The lowest BCUT2D eigenvalue weighted by molar-refractivity contribution is -0.0104. The van der Waals surface area contributed by atoms with E-state index in [1.165, 1.54) is 0 Å². The number of hydrogen-bond acceptors (Lipinski definition) is 4. The number of aliphatic hydroxyl groups is 1. The number of fused-ring (bicyclic) bond motifs is 1. The molecule has 2 aliphatic rings. The van der Waals surface area contributed by atoms with Gasteiger partial charge >= 0.3 is 6.09 Å². The van der Waals surface area contributed by atoms with Gasteiger partial charge in [0, 0.05) is 30.8 Å². The first-order valence-electron chi connectivity index (χ1n) is 8.01. The number of ether oxygens (including phenoxy) is 1. The predicted octanol–water partition coefficient (Wildman–Crippen LogP) is 3.20. The third kappa shape index (κ3) is 3.17. The quantitative estimate of drug-likeness (QED) is 0.799. The van der Waals surface area contributed by atoms with E-state index in [2.05, 4.69) is 4.98 Å². The van der Waals surface area contributed by atoms with Gasteiger partial charge < -0.3 is 14.7 Å². The van der Waals surface area contributed by atoms with Gasteiger partial charge in [0.15, 0.2) is 0 Å². The van der Waals surface area contributed by atoms with Crippen molar-refractivity contribution in [2.75, 3.05) is 13.1 Å². The molecule has 126 valence electrons. The van der Waals surface area contributed by atoms with Crippen LogP contribution in [-0.4, -0.2) is 39.8 Å². The molecule has 2 heterocycles. The second-order valence-electron chi connectivity index (χ2n) is 7.58. The summed E-state index contributed by atoms with van der Waals surface area (Å²) in [5.74, 6) is 0.307. The van der Waals surface area contributed by atoms with Gasteiger partial charge in [-0.3, -0.25) is 0 Å². The predicted molar refractivity (Wildman–Crippen MR) is 87.2 cm³/mol. The zero-order chi connectivity index (χ0) is 16.8. The Hall–Kier alpha value is -1.33. The van der Waals surface area contributed by atoms with E-state index in [1.807, 2.05) is 26.8 Å². The SMILES string of the molecule is CC(C)(C)OC(=O)N1C[C@@H]2CCC(O)(c3ccc(Cl)nc3)[C@@H]2C1. The number of likely N-dealkylation sites (tertiary alicyclic amines) is 1. The molecule has 1 N–H and O–H groups in total. The van der Waals surface area contributed by atoms with E-state index in [9.17, 15) is 9.90 Å². The molecule has 0 radical (unpaired) electrons. The Balaban J connectivity index is 1.76. The van der Waals surface area contributed by atoms with Crippen LogP contribution in [0, 0.1) is 11.8 Å². The van der Waals surface area contributed by atoms with Gasteiger partial charge in [-0.1, -0.05) is 17.7 Å². The molecule has 1 aromatic heterocycles. The van der Waals surface area contributed by atoms with Crippen LogP contribution < -0.4 is 0 Å². The van der Waals surface area contributed by atoms with E-state index in [1.54, 1.807) is 17.2 Å². The molecule has 2 fully saturated rings. The van der Waals surface area contributed by atoms with Crippen molar-refractivity contribution in [2.24, 2.45) is 11.8 Å². The molecular weight excluding hydrogens is 316 g/mol. The molecule has 1 aromatic rings. The van der Waals surface area contributed by atoms with Gasteiger partial charge in [0.05, 0.1) is 5.60 Å². The Bertz CT molecular complexity index is 599. The molecule has 1 saturated carbocycles. The molecule has 23 heavy (non-hydrogen) atoms. The number of aromatic nitrogens is 1. The molecule has 3 atom stereocenters. The molecule has 1 amide bonds. The molecule has 0 aromatic carbocycles. The number of carbonyl (C=O) groups is 1. The van der Waals surface area contributed by atoms with E-state index >= 15 is 0 Å². The van der Waals surface area contributed by atoms with Gasteiger partial charge in [0.2, 0.25) is 0 Å². The lowest BCUT2D eigenvalue weighted by Crippen LogP contribution is -2.39. The topological polar surface area (TPSA) is 62.7 Å². The number of carbonyl (C=O) groups excluding carboxylic acids is 1. The first kappa shape index (κ1) is 16.5. The highest BCUT2D eigenvalue weighted by atomic mass is 35.5. The van der Waals surface area contributed by atoms with Crippen molar-refractivity contribution in [2.45, 2.75) is 44.8 Å². The van der Waals surface area contributed by atoms with Crippen molar-refractivity contribution in [3.05, 3.63) is 29.0 Å². The van der Waals surface area contributed by atoms with Crippen molar-refractivity contribution in [1.29, 1.82) is 0 Å². The van der Waals surface area contributed by atoms with Crippen molar-refractivity contribution in [3.63, 3.8) is 0 Å². The van der Waals surface area contributed by atoms with Gasteiger partial charge in [-0.05, 0) is 45.6 Å². The van der Waals surface area contributed by atoms with E-state index in [0.29, 0.717) is 30.6 Å². The summed E-state index contributed by atoms with van der Waals surface area (Å²) in [4.78, 5) is 18.1. The monoisotopic (exact) mass is 338 g/mol. The van der Waals surface area contributed by atoms with Crippen LogP contribution in [0.25, 0.3) is 0 Å². The maximum absolute atomic E-state index is 12.3. The van der Waals surface area contributed by atoms with Crippen molar-refractivity contribution < 1.29 is 14.6 Å². The summed E-state index contributed by atoms with van der Waals surface area (Å²) in [5.41, 5.74) is -0.676. The van der Waals surface area contributed by atoms with Gasteiger partial charge in [-0.2, -0.15) is 0 Å². The summed E-state index contributed by atoms with van der Waals surface area (Å²) in [6.45, 7) is 6.73. The van der Waals surface area contributed by atoms with E-state index in [4.69, 9.17) is 16.3 Å². The Morgan fingerprint density at radius 2 is 2.17 bits per heavy atom. The van der Waals surface area contributed by atoms with Gasteiger partial charge in [-0.15, -0.1) is 0 Å². The van der Waals surface area contributed by atoms with Crippen LogP contribution >= 0.6 is 11.6 Å². The molecule has 1 unspecified atom stereocenters. The molecule has 1 aliphatic carbocycles. The summed E-state index contributed by atoms with van der Waals surface area (Å²) in [6.07, 6.45) is 2.92. The molecule has 3 rings (SSSR count). The van der Waals surface area contributed by atoms with E-state index < -0.39 is 11.2 Å². The lowest BCUT2D eigenvalue weighted by Gasteiger charge is -2.31. The van der Waals surface area contributed by atoms with Crippen LogP contribution in [0.1, 0.15) is 39.2 Å². The van der Waals surface area contributed by atoms with Crippen molar-refractivity contribution in [3.8, 4) is 0 Å². The zero-order valence-corrected chi connectivity index (χ0v) is 14.5. The van der Waals surface area contributed by atoms with Crippen LogP contribution in [0.15, 0.2) is 18.3 Å². The Labute approximate surface area is 141 Å². The molecular formula is C17H23ClN2O3. The third-order valence-electron chi connectivity index (χ3n) is 4.83. The van der Waals surface area contributed by atoms with E-state index in [0.717, 1.165) is 12.0 Å². The Morgan fingerprint density at radius 1 is 1.43 bits per heavy atom. The van der Waals surface area contributed by atoms with Gasteiger partial charge in [0.25, 0.3) is 0 Å². The average Bonchev–Trinajstić information content (AvgIpc) is 3.00. The Morgan fingerprint density at radius 3 is 2.78 bits per heavy atom. The second kappa shape index (κ2) is 5.64. The zero-order valence-electron chi connectivity index (χ0n) is 13.8. The second-order valence-corrected chi connectivity index (χ2v) is 7.97. The maximum atomic E-state index is 12.3. The minimum atomic E-state index is -0.945. The largest absolute Gasteiger partial charge is 0.444 e. The van der Waals surface area contributed by atoms with Gasteiger partial charge in [-0.25, -0.2) is 9.78 Å². The molecule has 0 bridgehead atoms. The first-order chi connectivity index (χ1) is 10.7. The summed E-state index contributed by atoms with van der Waals surface area (Å²) in [7, 11) is 0. The van der Waals surface area contributed by atoms with Gasteiger partial charge in [0.1, 0.15) is 10.8 Å². The number of hydrogen-bond donors (Lipinski definition) is 1. The highest BCUT2D eigenvalue weighted by Crippen LogP contribution is 2.50. The van der Waals surface area contributed by atoms with Crippen molar-refractivity contribution in [1.82, 2.24) is 9.88 Å². The highest BCUT2D eigenvalue weighted by molar-refractivity contribution is 6.29. The fourth-order valence-electron chi connectivity index (χ4n) is 3.76. The third-order valence-corrected chi connectivity index (χ3v) is 5.05. The van der Waals surface area contributed by atoms with Crippen molar-refractivity contribution >= 4 is 17.7 Å². The number of pyridine rings is 1. The normalized spacial score (nSPS) is 30.4. The molecule has 1 saturated heterocycles.